The van der Waals surface area contributed by atoms with E-state index in [2.05, 4.69) is 11.2 Å². The van der Waals surface area contributed by atoms with Gasteiger partial charge in [0, 0.05) is 19.4 Å². The first-order valence-corrected chi connectivity index (χ1v) is 9.44. The number of carbonyl (C=O) groups is 4. The van der Waals surface area contributed by atoms with E-state index in [1.54, 1.807) is 24.3 Å². The lowest BCUT2D eigenvalue weighted by Crippen LogP contribution is -2.69. The van der Waals surface area contributed by atoms with Crippen LogP contribution < -0.4 is 10.2 Å². The maximum Gasteiger partial charge on any atom is 0.354 e. The van der Waals surface area contributed by atoms with Crippen molar-refractivity contribution < 1.29 is 23.9 Å². The second-order valence-corrected chi connectivity index (χ2v) is 7.43. The molecule has 0 unspecified atom stereocenters. The van der Waals surface area contributed by atoms with Crippen LogP contribution in [0.25, 0.3) is 0 Å². The Kier molecular flexibility index (Phi) is 5.59. The molecule has 0 saturated carbocycles. The number of terminal acetylenes is 1. The third kappa shape index (κ3) is 3.44. The van der Waals surface area contributed by atoms with E-state index in [1.807, 2.05) is 13.8 Å². The summed E-state index contributed by atoms with van der Waals surface area (Å²) in [5, 5.41) is 2.41. The Balaban J connectivity index is 2.01. The Bertz CT molecular complexity index is 904. The first-order valence-electron chi connectivity index (χ1n) is 9.44. The first-order chi connectivity index (χ1) is 13.8. The molecular formula is C21H23N3O5. The summed E-state index contributed by atoms with van der Waals surface area (Å²) in [6.45, 7) is 3.56. The lowest BCUT2D eigenvalue weighted by molar-refractivity contribution is -0.160. The molecule has 1 atom stereocenters. The maximum absolute atomic E-state index is 13.3. The van der Waals surface area contributed by atoms with Crippen LogP contribution in [0.1, 0.15) is 37.0 Å². The minimum absolute atomic E-state index is 0.0114. The third-order valence-electron chi connectivity index (χ3n) is 4.97. The highest BCUT2D eigenvalue weighted by atomic mass is 16.5. The van der Waals surface area contributed by atoms with Gasteiger partial charge in [0.1, 0.15) is 0 Å². The number of fused-ring (bicyclic) bond motifs is 3. The largest absolute Gasteiger partial charge is 0.452 e. The van der Waals surface area contributed by atoms with Crippen LogP contribution in [0.5, 0.6) is 0 Å². The topological polar surface area (TPSA) is 96.0 Å². The third-order valence-corrected chi connectivity index (χ3v) is 4.97. The van der Waals surface area contributed by atoms with E-state index in [4.69, 9.17) is 11.2 Å². The van der Waals surface area contributed by atoms with Crippen LogP contribution in [0.3, 0.4) is 0 Å². The van der Waals surface area contributed by atoms with Gasteiger partial charge in [0.05, 0.1) is 17.8 Å². The summed E-state index contributed by atoms with van der Waals surface area (Å²) in [5.41, 5.74) is -0.855. The van der Waals surface area contributed by atoms with Crippen molar-refractivity contribution in [1.82, 2.24) is 10.2 Å². The minimum atomic E-state index is -1.60. The lowest BCUT2D eigenvalue weighted by Gasteiger charge is -2.48. The van der Waals surface area contributed by atoms with E-state index in [-0.39, 0.29) is 43.7 Å². The fourth-order valence-corrected chi connectivity index (χ4v) is 3.81. The van der Waals surface area contributed by atoms with Crippen molar-refractivity contribution in [3.05, 3.63) is 29.8 Å². The Morgan fingerprint density at radius 1 is 1.31 bits per heavy atom. The minimum Gasteiger partial charge on any atom is -0.452 e. The number of esters is 1. The Morgan fingerprint density at radius 3 is 2.72 bits per heavy atom. The zero-order valence-electron chi connectivity index (χ0n) is 16.4. The molecule has 0 spiro atoms. The van der Waals surface area contributed by atoms with Crippen LogP contribution in [-0.2, 0) is 19.1 Å². The molecule has 0 bridgehead atoms. The van der Waals surface area contributed by atoms with E-state index in [0.29, 0.717) is 11.3 Å². The fourth-order valence-electron chi connectivity index (χ4n) is 3.81. The molecule has 2 aliphatic heterocycles. The van der Waals surface area contributed by atoms with Crippen LogP contribution in [0.2, 0.25) is 0 Å². The number of nitrogens with one attached hydrogen (secondary N) is 1. The summed E-state index contributed by atoms with van der Waals surface area (Å²) in [6.07, 6.45) is 5.29. The Morgan fingerprint density at radius 2 is 2.03 bits per heavy atom. The van der Waals surface area contributed by atoms with Gasteiger partial charge in [0.25, 0.3) is 11.8 Å². The lowest BCUT2D eigenvalue weighted by atomic mass is 9.95. The molecule has 1 aromatic rings. The number of anilines is 1. The number of ether oxygens (including phenoxy) is 1. The van der Waals surface area contributed by atoms with Crippen molar-refractivity contribution in [3.63, 3.8) is 0 Å². The van der Waals surface area contributed by atoms with Crippen molar-refractivity contribution in [3.8, 4) is 12.3 Å². The Labute approximate surface area is 169 Å². The van der Waals surface area contributed by atoms with Crippen molar-refractivity contribution in [2.45, 2.75) is 32.4 Å². The number of hydrogen-bond acceptors (Lipinski definition) is 5. The monoisotopic (exact) mass is 397 g/mol. The van der Waals surface area contributed by atoms with E-state index < -0.39 is 24.1 Å². The van der Waals surface area contributed by atoms with E-state index in [1.165, 1.54) is 9.80 Å². The second kappa shape index (κ2) is 7.95. The van der Waals surface area contributed by atoms with Gasteiger partial charge in [-0.2, -0.15) is 0 Å². The van der Waals surface area contributed by atoms with E-state index in [0.717, 1.165) is 0 Å². The van der Waals surface area contributed by atoms with Crippen LogP contribution in [0.4, 0.5) is 5.69 Å². The zero-order valence-corrected chi connectivity index (χ0v) is 16.4. The van der Waals surface area contributed by atoms with Gasteiger partial charge in [0.2, 0.25) is 11.6 Å². The number of carbonyl (C=O) groups excluding carboxylic acids is 4. The summed E-state index contributed by atoms with van der Waals surface area (Å²) in [5.74, 6) is 0.338. The van der Waals surface area contributed by atoms with Crippen LogP contribution in [0, 0.1) is 18.3 Å². The van der Waals surface area contributed by atoms with Gasteiger partial charge in [0.15, 0.2) is 6.61 Å². The number of nitrogens with zero attached hydrogens (tertiary/aromatic N) is 2. The van der Waals surface area contributed by atoms with Crippen molar-refractivity contribution in [2.75, 3.05) is 24.6 Å². The molecule has 1 aromatic carbocycles. The summed E-state index contributed by atoms with van der Waals surface area (Å²) in [7, 11) is 0. The standard InChI is InChI=1S/C21H23N3O5/c1-4-11-22-17(25)13-29-20(28)21-10-9-18(26)24(21)16-8-6-5-7-15(16)19(27)23(21)12-14(2)3/h1,5-8,14H,9-13H2,2-3H3,(H,22,25)/t21-/m0/s1. The van der Waals surface area contributed by atoms with Gasteiger partial charge in [-0.15, -0.1) is 6.42 Å². The molecule has 2 heterocycles. The molecular weight excluding hydrogens is 374 g/mol. The van der Waals surface area contributed by atoms with Gasteiger partial charge >= 0.3 is 5.97 Å². The molecule has 152 valence electrons. The molecule has 8 heteroatoms. The number of amides is 3. The Hall–Kier alpha value is -3.34. The predicted octanol–water partition coefficient (Wildman–Crippen LogP) is 0.914. The summed E-state index contributed by atoms with van der Waals surface area (Å²) < 4.78 is 5.26. The van der Waals surface area contributed by atoms with Gasteiger partial charge in [-0.25, -0.2) is 4.79 Å². The average molecular weight is 397 g/mol. The van der Waals surface area contributed by atoms with Crippen molar-refractivity contribution >= 4 is 29.4 Å². The van der Waals surface area contributed by atoms with Crippen molar-refractivity contribution in [1.29, 1.82) is 0 Å². The second-order valence-electron chi connectivity index (χ2n) is 7.43. The summed E-state index contributed by atoms with van der Waals surface area (Å²) in [4.78, 5) is 53.9. The molecule has 1 saturated heterocycles. The molecule has 29 heavy (non-hydrogen) atoms. The van der Waals surface area contributed by atoms with Gasteiger partial charge in [-0.05, 0) is 18.1 Å². The summed E-state index contributed by atoms with van der Waals surface area (Å²) >= 11 is 0. The quantitative estimate of drug-likeness (QED) is 0.569. The molecule has 1 N–H and O–H groups in total. The molecule has 0 radical (unpaired) electrons. The molecule has 1 fully saturated rings. The highest BCUT2D eigenvalue weighted by Gasteiger charge is 2.62. The number of hydrogen-bond donors (Lipinski definition) is 1. The van der Waals surface area contributed by atoms with Gasteiger partial charge in [-0.1, -0.05) is 31.9 Å². The van der Waals surface area contributed by atoms with E-state index in [9.17, 15) is 19.2 Å². The van der Waals surface area contributed by atoms with Gasteiger partial charge < -0.3 is 15.0 Å². The number of benzene rings is 1. The maximum atomic E-state index is 13.3. The zero-order chi connectivity index (χ0) is 21.2. The van der Waals surface area contributed by atoms with E-state index >= 15 is 0 Å². The molecule has 8 nitrogen and oxygen atoms in total. The molecule has 2 aliphatic rings. The predicted molar refractivity (Wildman–Crippen MR) is 105 cm³/mol. The molecule has 3 rings (SSSR count). The van der Waals surface area contributed by atoms with Gasteiger partial charge in [-0.3, -0.25) is 19.3 Å². The summed E-state index contributed by atoms with van der Waals surface area (Å²) in [6, 6.07) is 6.70. The normalized spacial score (nSPS) is 20.2. The highest BCUT2D eigenvalue weighted by Crippen LogP contribution is 2.45. The van der Waals surface area contributed by atoms with Crippen molar-refractivity contribution in [2.24, 2.45) is 5.92 Å². The first kappa shape index (κ1) is 20.4. The highest BCUT2D eigenvalue weighted by molar-refractivity contribution is 6.15. The van der Waals surface area contributed by atoms with Crippen LogP contribution in [-0.4, -0.2) is 54.0 Å². The smallest absolute Gasteiger partial charge is 0.354 e. The molecule has 0 aliphatic carbocycles. The SMILES string of the molecule is C#CCNC(=O)COC(=O)[C@]12CCC(=O)N1c1ccccc1C(=O)N2CC(C)C. The number of para-hydroxylation sites is 1. The molecule has 0 aromatic heterocycles. The van der Waals surface area contributed by atoms with Crippen LogP contribution >= 0.6 is 0 Å². The number of rotatable bonds is 6. The fraction of sp³-hybridized carbons (Fsp3) is 0.429. The average Bonchev–Trinajstić information content (AvgIpc) is 3.06. The van der Waals surface area contributed by atoms with Crippen LogP contribution in [0.15, 0.2) is 24.3 Å². The molecule has 3 amide bonds.